The van der Waals surface area contributed by atoms with Crippen molar-refractivity contribution in [3.05, 3.63) is 6.20 Å². The minimum absolute atomic E-state index is 0.0406. The summed E-state index contributed by atoms with van der Waals surface area (Å²) >= 11 is 6.93. The second kappa shape index (κ2) is 7.64. The number of fused-ring (bicyclic) bond motifs is 1. The summed E-state index contributed by atoms with van der Waals surface area (Å²) in [7, 11) is 0. The van der Waals surface area contributed by atoms with E-state index >= 15 is 0 Å². The molecule has 0 aliphatic heterocycles. The molecule has 2 rings (SSSR count). The lowest BCUT2D eigenvalue weighted by Gasteiger charge is -2.11. The maximum absolute atomic E-state index is 11.2. The maximum atomic E-state index is 11.2. The quantitative estimate of drug-likeness (QED) is 0.453. The molecule has 0 aromatic carbocycles. The van der Waals surface area contributed by atoms with Gasteiger partial charge in [0, 0.05) is 12.6 Å². The van der Waals surface area contributed by atoms with E-state index in [1.54, 1.807) is 10.9 Å². The molecule has 0 fully saturated rings. The van der Waals surface area contributed by atoms with Crippen LogP contribution in [0.25, 0.3) is 11.0 Å². The first-order valence-corrected chi connectivity index (χ1v) is 8.67. The van der Waals surface area contributed by atoms with E-state index in [-0.39, 0.29) is 17.8 Å². The van der Waals surface area contributed by atoms with E-state index in [1.807, 2.05) is 6.26 Å². The molecular formula is C13H19ClN6OS. The van der Waals surface area contributed by atoms with Crippen molar-refractivity contribution in [2.75, 3.05) is 24.0 Å². The number of hydrogen-bond acceptors (Lipinski definition) is 6. The Morgan fingerprint density at radius 2 is 2.23 bits per heavy atom. The highest BCUT2D eigenvalue weighted by molar-refractivity contribution is 7.98. The number of anilines is 1. The van der Waals surface area contributed by atoms with Gasteiger partial charge >= 0.3 is 0 Å². The number of aromatic nitrogens is 4. The first kappa shape index (κ1) is 16.8. The number of amides is 1. The number of carbonyl (C=O) groups is 1. The molecule has 2 aromatic rings. The van der Waals surface area contributed by atoms with Crippen LogP contribution in [0.3, 0.4) is 0 Å². The van der Waals surface area contributed by atoms with Gasteiger partial charge in [0.25, 0.3) is 0 Å². The van der Waals surface area contributed by atoms with Gasteiger partial charge in [-0.2, -0.15) is 5.10 Å². The number of thioether (sulfide) groups is 1. The van der Waals surface area contributed by atoms with Crippen LogP contribution in [0.5, 0.6) is 0 Å². The summed E-state index contributed by atoms with van der Waals surface area (Å²) < 4.78 is 1.76. The Bertz CT molecular complexity index is 659. The highest BCUT2D eigenvalue weighted by atomic mass is 35.5. The van der Waals surface area contributed by atoms with E-state index < -0.39 is 0 Å². The van der Waals surface area contributed by atoms with E-state index in [2.05, 4.69) is 39.5 Å². The van der Waals surface area contributed by atoms with Gasteiger partial charge in [0.1, 0.15) is 11.7 Å². The molecule has 1 amide bonds. The predicted octanol–water partition coefficient (Wildman–Crippen LogP) is 1.72. The Hall–Kier alpha value is -1.54. The average Bonchev–Trinajstić information content (AvgIpc) is 2.89. The highest BCUT2D eigenvalue weighted by Gasteiger charge is 2.13. The largest absolute Gasteiger partial charge is 0.367 e. The SMILES string of the molecule is CSc1nc(NC(C)C)c2cnn(CCNC(=O)CCl)c2n1. The third kappa shape index (κ3) is 4.01. The van der Waals surface area contributed by atoms with Gasteiger partial charge in [-0.05, 0) is 20.1 Å². The zero-order valence-corrected chi connectivity index (χ0v) is 14.3. The number of rotatable bonds is 7. The second-order valence-corrected chi connectivity index (χ2v) is 5.99. The third-order valence-electron chi connectivity index (χ3n) is 2.85. The minimum atomic E-state index is -0.195. The van der Waals surface area contributed by atoms with Crippen LogP contribution in [0.4, 0.5) is 5.82 Å². The molecule has 0 aliphatic rings. The summed E-state index contributed by atoms with van der Waals surface area (Å²) in [6.07, 6.45) is 3.68. The number of nitrogens with one attached hydrogen (secondary N) is 2. The van der Waals surface area contributed by atoms with Crippen LogP contribution in [0.2, 0.25) is 0 Å². The molecule has 120 valence electrons. The van der Waals surface area contributed by atoms with Gasteiger partial charge in [-0.1, -0.05) is 11.8 Å². The molecule has 2 N–H and O–H groups in total. The van der Waals surface area contributed by atoms with Crippen LogP contribution in [-0.2, 0) is 11.3 Å². The minimum Gasteiger partial charge on any atom is -0.367 e. The predicted molar refractivity (Wildman–Crippen MR) is 89.6 cm³/mol. The van der Waals surface area contributed by atoms with Crippen molar-refractivity contribution in [2.45, 2.75) is 31.6 Å². The molecule has 7 nitrogen and oxygen atoms in total. The first-order chi connectivity index (χ1) is 10.5. The van der Waals surface area contributed by atoms with E-state index in [4.69, 9.17) is 11.6 Å². The molecule has 22 heavy (non-hydrogen) atoms. The number of nitrogens with zero attached hydrogens (tertiary/aromatic N) is 4. The zero-order valence-electron chi connectivity index (χ0n) is 12.8. The van der Waals surface area contributed by atoms with Crippen LogP contribution in [-0.4, -0.2) is 50.4 Å². The van der Waals surface area contributed by atoms with Gasteiger partial charge in [-0.25, -0.2) is 14.6 Å². The maximum Gasteiger partial charge on any atom is 0.234 e. The Morgan fingerprint density at radius 1 is 1.45 bits per heavy atom. The van der Waals surface area contributed by atoms with Crippen LogP contribution < -0.4 is 10.6 Å². The van der Waals surface area contributed by atoms with E-state index in [1.165, 1.54) is 11.8 Å². The van der Waals surface area contributed by atoms with Crippen molar-refractivity contribution >= 4 is 46.1 Å². The molecular weight excluding hydrogens is 324 g/mol. The molecule has 0 unspecified atom stereocenters. The standard InChI is InChI=1S/C13H19ClN6OS/c1-8(2)17-11-9-7-16-20(5-4-15-10(21)6-14)12(9)19-13(18-11)22-3/h7-8H,4-6H2,1-3H3,(H,15,21)(H,17,18,19). The summed E-state index contributed by atoms with van der Waals surface area (Å²) in [6.45, 7) is 5.09. The van der Waals surface area contributed by atoms with Crippen LogP contribution in [0.1, 0.15) is 13.8 Å². The molecule has 0 saturated heterocycles. The number of alkyl halides is 1. The van der Waals surface area contributed by atoms with Crippen LogP contribution in [0, 0.1) is 0 Å². The fraction of sp³-hybridized carbons (Fsp3) is 0.538. The van der Waals surface area contributed by atoms with Crippen LogP contribution >= 0.6 is 23.4 Å². The van der Waals surface area contributed by atoms with Gasteiger partial charge in [0.2, 0.25) is 5.91 Å². The van der Waals surface area contributed by atoms with Crippen LogP contribution in [0.15, 0.2) is 11.4 Å². The van der Waals surface area contributed by atoms with E-state index in [9.17, 15) is 4.79 Å². The Morgan fingerprint density at radius 3 is 2.86 bits per heavy atom. The summed E-state index contributed by atoms with van der Waals surface area (Å²) in [5.41, 5.74) is 0.752. The van der Waals surface area contributed by atoms with Gasteiger partial charge in [0.15, 0.2) is 10.8 Å². The molecule has 0 atom stereocenters. The summed E-state index contributed by atoms with van der Waals surface area (Å²) in [5.74, 6) is 0.543. The number of hydrogen-bond donors (Lipinski definition) is 2. The fourth-order valence-corrected chi connectivity index (χ4v) is 2.38. The summed E-state index contributed by atoms with van der Waals surface area (Å²) in [4.78, 5) is 20.2. The lowest BCUT2D eigenvalue weighted by Crippen LogP contribution is -2.28. The van der Waals surface area contributed by atoms with E-state index in [0.717, 1.165) is 16.9 Å². The van der Waals surface area contributed by atoms with Gasteiger partial charge in [0.05, 0.1) is 18.1 Å². The zero-order chi connectivity index (χ0) is 16.1. The smallest absolute Gasteiger partial charge is 0.234 e. The van der Waals surface area contributed by atoms with Crippen molar-refractivity contribution in [3.63, 3.8) is 0 Å². The highest BCUT2D eigenvalue weighted by Crippen LogP contribution is 2.23. The van der Waals surface area contributed by atoms with Gasteiger partial charge < -0.3 is 10.6 Å². The second-order valence-electron chi connectivity index (χ2n) is 4.95. The Kier molecular flexibility index (Phi) is 5.84. The Labute approximate surface area is 138 Å². The molecule has 0 saturated carbocycles. The van der Waals surface area contributed by atoms with Crippen molar-refractivity contribution < 1.29 is 4.79 Å². The lowest BCUT2D eigenvalue weighted by atomic mass is 10.3. The molecule has 2 aromatic heterocycles. The molecule has 0 spiro atoms. The lowest BCUT2D eigenvalue weighted by molar-refractivity contribution is -0.118. The summed E-state index contributed by atoms with van der Waals surface area (Å²) in [6, 6.07) is 0.263. The van der Waals surface area contributed by atoms with Crippen molar-refractivity contribution in [2.24, 2.45) is 0 Å². The normalized spacial score (nSPS) is 11.1. The monoisotopic (exact) mass is 342 g/mol. The third-order valence-corrected chi connectivity index (χ3v) is 3.64. The summed E-state index contributed by atoms with van der Waals surface area (Å²) in [5, 5.41) is 11.9. The average molecular weight is 343 g/mol. The van der Waals surface area contributed by atoms with Crippen molar-refractivity contribution in [1.29, 1.82) is 0 Å². The number of halogens is 1. The molecule has 0 bridgehead atoms. The number of carbonyl (C=O) groups excluding carboxylic acids is 1. The first-order valence-electron chi connectivity index (χ1n) is 6.92. The molecule has 9 heteroatoms. The van der Waals surface area contributed by atoms with Gasteiger partial charge in [-0.15, -0.1) is 11.6 Å². The Balaban J connectivity index is 2.26. The van der Waals surface area contributed by atoms with Gasteiger partial charge in [-0.3, -0.25) is 4.79 Å². The molecule has 2 heterocycles. The molecule has 0 radical (unpaired) electrons. The van der Waals surface area contributed by atoms with Crippen molar-refractivity contribution in [1.82, 2.24) is 25.1 Å². The topological polar surface area (TPSA) is 84.7 Å². The molecule has 0 aliphatic carbocycles. The van der Waals surface area contributed by atoms with E-state index in [0.29, 0.717) is 18.2 Å². The van der Waals surface area contributed by atoms with Crippen molar-refractivity contribution in [3.8, 4) is 0 Å². The fourth-order valence-electron chi connectivity index (χ4n) is 1.92.